The molecule has 0 fully saturated rings. The van der Waals surface area contributed by atoms with Crippen molar-refractivity contribution in [2.75, 3.05) is 0 Å². The SMILES string of the molecule is Cc1ccc2oc(-c3ccc(CN)cc3F)cc2c1. The Hall–Kier alpha value is -2.13. The van der Waals surface area contributed by atoms with Crippen LogP contribution in [-0.4, -0.2) is 0 Å². The number of furan rings is 1. The number of benzene rings is 2. The molecule has 0 radical (unpaired) electrons. The number of hydrogen-bond donors (Lipinski definition) is 1. The van der Waals surface area contributed by atoms with Gasteiger partial charge in [0, 0.05) is 11.9 Å². The zero-order valence-corrected chi connectivity index (χ0v) is 10.6. The Kier molecular flexibility index (Phi) is 2.84. The molecule has 0 spiro atoms. The van der Waals surface area contributed by atoms with Gasteiger partial charge in [-0.1, -0.05) is 17.7 Å². The van der Waals surface area contributed by atoms with E-state index in [0.29, 0.717) is 17.9 Å². The van der Waals surface area contributed by atoms with E-state index in [0.717, 1.165) is 22.1 Å². The largest absolute Gasteiger partial charge is 0.456 e. The zero-order chi connectivity index (χ0) is 13.4. The summed E-state index contributed by atoms with van der Waals surface area (Å²) in [6.45, 7) is 2.35. The topological polar surface area (TPSA) is 39.2 Å². The molecule has 1 aromatic heterocycles. The third-order valence-electron chi connectivity index (χ3n) is 3.21. The Balaban J connectivity index is 2.13. The predicted octanol–water partition coefficient (Wildman–Crippen LogP) is 4.01. The molecule has 0 saturated heterocycles. The van der Waals surface area contributed by atoms with E-state index in [9.17, 15) is 4.39 Å². The highest BCUT2D eigenvalue weighted by molar-refractivity contribution is 5.83. The van der Waals surface area contributed by atoms with Crippen molar-refractivity contribution in [3.8, 4) is 11.3 Å². The van der Waals surface area contributed by atoms with Crippen molar-refractivity contribution in [1.82, 2.24) is 0 Å². The summed E-state index contributed by atoms with van der Waals surface area (Å²) in [4.78, 5) is 0. The average molecular weight is 255 g/mol. The first-order valence-corrected chi connectivity index (χ1v) is 6.16. The van der Waals surface area contributed by atoms with Crippen LogP contribution < -0.4 is 5.73 Å². The van der Waals surface area contributed by atoms with E-state index < -0.39 is 0 Å². The van der Waals surface area contributed by atoms with Gasteiger partial charge in [-0.3, -0.25) is 0 Å². The minimum Gasteiger partial charge on any atom is -0.456 e. The average Bonchev–Trinajstić information content (AvgIpc) is 2.81. The maximum absolute atomic E-state index is 14.0. The molecule has 0 saturated carbocycles. The van der Waals surface area contributed by atoms with E-state index in [1.807, 2.05) is 37.3 Å². The highest BCUT2D eigenvalue weighted by atomic mass is 19.1. The van der Waals surface area contributed by atoms with Gasteiger partial charge in [-0.05, 0) is 42.8 Å². The summed E-state index contributed by atoms with van der Waals surface area (Å²) in [5.41, 5.74) is 8.65. The lowest BCUT2D eigenvalue weighted by Crippen LogP contribution is -1.97. The van der Waals surface area contributed by atoms with Gasteiger partial charge in [0.15, 0.2) is 0 Å². The molecular formula is C16H14FNO. The van der Waals surface area contributed by atoms with Crippen molar-refractivity contribution in [3.05, 3.63) is 59.4 Å². The van der Waals surface area contributed by atoms with Gasteiger partial charge in [0.1, 0.15) is 17.2 Å². The number of fused-ring (bicyclic) bond motifs is 1. The maximum atomic E-state index is 14.0. The predicted molar refractivity (Wildman–Crippen MR) is 74.2 cm³/mol. The monoisotopic (exact) mass is 255 g/mol. The molecule has 2 nitrogen and oxygen atoms in total. The normalized spacial score (nSPS) is 11.1. The van der Waals surface area contributed by atoms with E-state index in [1.165, 1.54) is 6.07 Å². The van der Waals surface area contributed by atoms with Crippen LogP contribution in [0.25, 0.3) is 22.3 Å². The van der Waals surface area contributed by atoms with Crippen molar-refractivity contribution in [3.63, 3.8) is 0 Å². The van der Waals surface area contributed by atoms with Gasteiger partial charge < -0.3 is 10.2 Å². The smallest absolute Gasteiger partial charge is 0.138 e. The quantitative estimate of drug-likeness (QED) is 0.751. The zero-order valence-electron chi connectivity index (χ0n) is 10.6. The molecule has 0 aliphatic carbocycles. The maximum Gasteiger partial charge on any atom is 0.138 e. The third-order valence-corrected chi connectivity index (χ3v) is 3.21. The molecule has 19 heavy (non-hydrogen) atoms. The number of aryl methyl sites for hydroxylation is 1. The van der Waals surface area contributed by atoms with E-state index in [2.05, 4.69) is 0 Å². The standard InChI is InChI=1S/C16H14FNO/c1-10-2-5-15-12(6-10)8-16(19-15)13-4-3-11(9-18)7-14(13)17/h2-8H,9,18H2,1H3. The van der Waals surface area contributed by atoms with Crippen LogP contribution in [0.15, 0.2) is 46.9 Å². The Morgan fingerprint density at radius 2 is 1.95 bits per heavy atom. The van der Waals surface area contributed by atoms with Gasteiger partial charge in [0.05, 0.1) is 5.56 Å². The van der Waals surface area contributed by atoms with Crippen LogP contribution in [0.5, 0.6) is 0 Å². The van der Waals surface area contributed by atoms with Crippen LogP contribution in [-0.2, 0) is 6.54 Å². The summed E-state index contributed by atoms with van der Waals surface area (Å²) in [6, 6.07) is 12.7. The van der Waals surface area contributed by atoms with Crippen molar-refractivity contribution in [2.24, 2.45) is 5.73 Å². The minimum absolute atomic E-state index is 0.307. The summed E-state index contributed by atoms with van der Waals surface area (Å²) in [5, 5.41) is 0.984. The fourth-order valence-corrected chi connectivity index (χ4v) is 2.18. The second-order valence-electron chi connectivity index (χ2n) is 4.67. The lowest BCUT2D eigenvalue weighted by molar-refractivity contribution is 0.600. The molecule has 0 amide bonds. The molecule has 3 aromatic rings. The first kappa shape index (κ1) is 11.9. The molecule has 2 N–H and O–H groups in total. The first-order chi connectivity index (χ1) is 9.17. The molecule has 0 bridgehead atoms. The van der Waals surface area contributed by atoms with Crippen LogP contribution in [0.4, 0.5) is 4.39 Å². The molecule has 96 valence electrons. The van der Waals surface area contributed by atoms with Crippen molar-refractivity contribution >= 4 is 11.0 Å². The van der Waals surface area contributed by atoms with Crippen LogP contribution in [0.3, 0.4) is 0 Å². The summed E-state index contributed by atoms with van der Waals surface area (Å²) >= 11 is 0. The molecule has 0 aliphatic heterocycles. The molecule has 0 unspecified atom stereocenters. The lowest BCUT2D eigenvalue weighted by atomic mass is 10.1. The Morgan fingerprint density at radius 1 is 1.11 bits per heavy atom. The van der Waals surface area contributed by atoms with Gasteiger partial charge in [-0.25, -0.2) is 4.39 Å². The number of halogens is 1. The van der Waals surface area contributed by atoms with E-state index in [1.54, 1.807) is 6.07 Å². The van der Waals surface area contributed by atoms with Crippen LogP contribution in [0.1, 0.15) is 11.1 Å². The second kappa shape index (κ2) is 4.52. The second-order valence-corrected chi connectivity index (χ2v) is 4.67. The number of hydrogen-bond acceptors (Lipinski definition) is 2. The van der Waals surface area contributed by atoms with Crippen molar-refractivity contribution < 1.29 is 8.81 Å². The lowest BCUT2D eigenvalue weighted by Gasteiger charge is -2.01. The van der Waals surface area contributed by atoms with Gasteiger partial charge in [0.25, 0.3) is 0 Å². The van der Waals surface area contributed by atoms with Crippen LogP contribution in [0.2, 0.25) is 0 Å². The van der Waals surface area contributed by atoms with E-state index in [4.69, 9.17) is 10.2 Å². The summed E-state index contributed by atoms with van der Waals surface area (Å²) in [6.07, 6.45) is 0. The molecule has 0 aliphatic rings. The number of rotatable bonds is 2. The van der Waals surface area contributed by atoms with Crippen molar-refractivity contribution in [1.29, 1.82) is 0 Å². The van der Waals surface area contributed by atoms with Crippen LogP contribution in [0, 0.1) is 12.7 Å². The summed E-state index contributed by atoms with van der Waals surface area (Å²) in [5.74, 6) is 0.236. The molecule has 0 atom stereocenters. The van der Waals surface area contributed by atoms with Crippen LogP contribution >= 0.6 is 0 Å². The Morgan fingerprint density at radius 3 is 2.68 bits per heavy atom. The van der Waals surface area contributed by atoms with Gasteiger partial charge in [0.2, 0.25) is 0 Å². The molecule has 1 heterocycles. The summed E-state index contributed by atoms with van der Waals surface area (Å²) < 4.78 is 19.7. The number of nitrogens with two attached hydrogens (primary N) is 1. The molecule has 3 rings (SSSR count). The highest BCUT2D eigenvalue weighted by Crippen LogP contribution is 2.30. The van der Waals surface area contributed by atoms with Gasteiger partial charge in [-0.15, -0.1) is 0 Å². The fraction of sp³-hybridized carbons (Fsp3) is 0.125. The van der Waals surface area contributed by atoms with Gasteiger partial charge in [-0.2, -0.15) is 0 Å². The molecule has 2 aromatic carbocycles. The van der Waals surface area contributed by atoms with Crippen molar-refractivity contribution in [2.45, 2.75) is 13.5 Å². The first-order valence-electron chi connectivity index (χ1n) is 6.16. The van der Waals surface area contributed by atoms with Gasteiger partial charge >= 0.3 is 0 Å². The summed E-state index contributed by atoms with van der Waals surface area (Å²) in [7, 11) is 0. The third kappa shape index (κ3) is 2.13. The molecule has 3 heteroatoms. The molecular weight excluding hydrogens is 241 g/mol. The Bertz CT molecular complexity index is 746. The van der Waals surface area contributed by atoms with E-state index in [-0.39, 0.29) is 5.82 Å². The Labute approximate surface area is 110 Å². The minimum atomic E-state index is -0.307. The van der Waals surface area contributed by atoms with E-state index >= 15 is 0 Å². The highest BCUT2D eigenvalue weighted by Gasteiger charge is 2.11. The fourth-order valence-electron chi connectivity index (χ4n) is 2.18.